The molecule has 1 aliphatic rings. The van der Waals surface area contributed by atoms with Gasteiger partial charge in [-0.25, -0.2) is 4.79 Å². The van der Waals surface area contributed by atoms with Crippen LogP contribution in [-0.2, 0) is 19.1 Å². The lowest BCUT2D eigenvalue weighted by Gasteiger charge is -2.39. The first-order valence-electron chi connectivity index (χ1n) is 11.4. The minimum Gasteiger partial charge on any atom is -0.463 e. The Labute approximate surface area is 188 Å². The summed E-state index contributed by atoms with van der Waals surface area (Å²) in [4.78, 5) is 42.4. The molecule has 0 saturated carbocycles. The molecule has 2 amide bonds. The van der Waals surface area contributed by atoms with Crippen LogP contribution < -0.4 is 5.32 Å². The van der Waals surface area contributed by atoms with E-state index in [1.807, 2.05) is 41.7 Å². The van der Waals surface area contributed by atoms with Gasteiger partial charge in [0.05, 0.1) is 18.7 Å². The van der Waals surface area contributed by atoms with Crippen LogP contribution in [0.15, 0.2) is 11.6 Å². The van der Waals surface area contributed by atoms with Crippen LogP contribution in [0.3, 0.4) is 0 Å². The topological polar surface area (TPSA) is 79.0 Å². The lowest BCUT2D eigenvalue weighted by molar-refractivity contribution is -0.141. The summed E-state index contributed by atoms with van der Waals surface area (Å²) in [5, 5.41) is 3.04. The Hall–Kier alpha value is -1.89. The predicted octanol–water partition coefficient (Wildman–Crippen LogP) is 2.99. The number of rotatable bonds is 8. The molecule has 1 rings (SSSR count). The lowest BCUT2D eigenvalue weighted by atomic mass is 9.84. The van der Waals surface area contributed by atoms with Crippen molar-refractivity contribution in [1.82, 2.24) is 15.1 Å². The summed E-state index contributed by atoms with van der Waals surface area (Å²) in [5.41, 5.74) is 0.00994. The molecule has 178 valence electrons. The number of nitrogens with zero attached hydrogens (tertiary/aromatic N) is 2. The van der Waals surface area contributed by atoms with E-state index in [0.29, 0.717) is 12.2 Å². The SMILES string of the molecule is CCOC(=O)C(C)=C[C@@H](C(C)C)N(C)C(=O)[C@@H](NC(=O)C1CCCCN1C)C(C)(C)C. The molecule has 0 bridgehead atoms. The van der Waals surface area contributed by atoms with Crippen molar-refractivity contribution in [2.75, 3.05) is 27.2 Å². The number of piperidine rings is 1. The zero-order chi connectivity index (χ0) is 23.9. The number of hydrogen-bond acceptors (Lipinski definition) is 5. The summed E-state index contributed by atoms with van der Waals surface area (Å²) in [5.74, 6) is -0.553. The van der Waals surface area contributed by atoms with E-state index >= 15 is 0 Å². The molecule has 31 heavy (non-hydrogen) atoms. The normalized spacial score (nSPS) is 20.2. The molecule has 7 nitrogen and oxygen atoms in total. The highest BCUT2D eigenvalue weighted by Gasteiger charge is 2.39. The molecule has 0 aromatic carbocycles. The Morgan fingerprint density at radius 1 is 1.23 bits per heavy atom. The molecule has 1 unspecified atom stereocenters. The van der Waals surface area contributed by atoms with Gasteiger partial charge in [-0.15, -0.1) is 0 Å². The molecule has 1 fully saturated rings. The standard InChI is InChI=1S/C24H43N3O4/c1-10-31-23(30)17(4)15-19(16(2)3)27(9)22(29)20(24(5,6)7)25-21(28)18-13-11-12-14-26(18)8/h15-16,18-20H,10-14H2,1-9H3,(H,25,28)/t18?,19-,20+/m0/s1. The molecular formula is C24H43N3O4. The third kappa shape index (κ3) is 7.63. The lowest BCUT2D eigenvalue weighted by Crippen LogP contribution is -2.59. The summed E-state index contributed by atoms with van der Waals surface area (Å²) < 4.78 is 5.08. The van der Waals surface area contributed by atoms with Crippen molar-refractivity contribution in [3.8, 4) is 0 Å². The van der Waals surface area contributed by atoms with Gasteiger partial charge in [0, 0.05) is 12.6 Å². The fraction of sp³-hybridized carbons (Fsp3) is 0.792. The molecule has 1 aliphatic heterocycles. The van der Waals surface area contributed by atoms with Gasteiger partial charge in [0.15, 0.2) is 0 Å². The third-order valence-electron chi connectivity index (χ3n) is 5.97. The maximum atomic E-state index is 13.6. The number of ether oxygens (including phenoxy) is 1. The monoisotopic (exact) mass is 437 g/mol. The number of amides is 2. The molecule has 1 N–H and O–H groups in total. The zero-order valence-electron chi connectivity index (χ0n) is 20.9. The Morgan fingerprint density at radius 3 is 2.32 bits per heavy atom. The van der Waals surface area contributed by atoms with Crippen molar-refractivity contribution in [2.24, 2.45) is 11.3 Å². The van der Waals surface area contributed by atoms with E-state index in [4.69, 9.17) is 4.74 Å². The Balaban J connectivity index is 3.10. The number of esters is 1. The molecular weight excluding hydrogens is 394 g/mol. The molecule has 1 saturated heterocycles. The second kappa shape index (κ2) is 11.7. The summed E-state index contributed by atoms with van der Waals surface area (Å²) in [6, 6.07) is -1.17. The van der Waals surface area contributed by atoms with E-state index in [9.17, 15) is 14.4 Å². The van der Waals surface area contributed by atoms with Crippen molar-refractivity contribution >= 4 is 17.8 Å². The average Bonchev–Trinajstić information content (AvgIpc) is 2.68. The second-order valence-corrected chi connectivity index (χ2v) is 10.1. The first-order valence-corrected chi connectivity index (χ1v) is 11.4. The van der Waals surface area contributed by atoms with Crippen LogP contribution in [0, 0.1) is 11.3 Å². The first kappa shape index (κ1) is 27.1. The quantitative estimate of drug-likeness (QED) is 0.466. The molecule has 3 atom stereocenters. The van der Waals surface area contributed by atoms with Crippen LogP contribution in [-0.4, -0.2) is 73.0 Å². The molecule has 0 aliphatic carbocycles. The largest absolute Gasteiger partial charge is 0.463 e. The van der Waals surface area contributed by atoms with Gasteiger partial charge in [-0.1, -0.05) is 47.1 Å². The number of carbonyl (C=O) groups is 3. The van der Waals surface area contributed by atoms with Gasteiger partial charge in [0.1, 0.15) is 6.04 Å². The maximum absolute atomic E-state index is 13.6. The van der Waals surface area contributed by atoms with Crippen molar-refractivity contribution in [1.29, 1.82) is 0 Å². The zero-order valence-corrected chi connectivity index (χ0v) is 20.9. The fourth-order valence-corrected chi connectivity index (χ4v) is 3.96. The van der Waals surface area contributed by atoms with Crippen LogP contribution in [0.25, 0.3) is 0 Å². The van der Waals surface area contributed by atoms with Gasteiger partial charge < -0.3 is 15.0 Å². The molecule has 1 heterocycles. The highest BCUT2D eigenvalue weighted by Crippen LogP contribution is 2.25. The van der Waals surface area contributed by atoms with E-state index in [0.717, 1.165) is 25.8 Å². The van der Waals surface area contributed by atoms with Crippen LogP contribution in [0.1, 0.15) is 67.7 Å². The highest BCUT2D eigenvalue weighted by molar-refractivity contribution is 5.91. The van der Waals surface area contributed by atoms with E-state index < -0.39 is 11.5 Å². The third-order valence-corrected chi connectivity index (χ3v) is 5.97. The first-order chi connectivity index (χ1) is 14.3. The van der Waals surface area contributed by atoms with E-state index in [1.54, 1.807) is 31.9 Å². The van der Waals surface area contributed by atoms with Crippen molar-refractivity contribution in [2.45, 2.75) is 85.9 Å². The molecule has 0 aromatic heterocycles. The van der Waals surface area contributed by atoms with Gasteiger partial charge in [-0.2, -0.15) is 0 Å². The summed E-state index contributed by atoms with van der Waals surface area (Å²) in [7, 11) is 3.70. The maximum Gasteiger partial charge on any atom is 0.333 e. The van der Waals surface area contributed by atoms with Crippen LogP contribution >= 0.6 is 0 Å². The minimum absolute atomic E-state index is 0.0825. The Bertz CT molecular complexity index is 666. The summed E-state index contributed by atoms with van der Waals surface area (Å²) in [6.07, 6.45) is 4.70. The van der Waals surface area contributed by atoms with Gasteiger partial charge in [-0.3, -0.25) is 14.5 Å². The highest BCUT2D eigenvalue weighted by atomic mass is 16.5. The van der Waals surface area contributed by atoms with Crippen LogP contribution in [0.2, 0.25) is 0 Å². The van der Waals surface area contributed by atoms with Gasteiger partial charge in [-0.05, 0) is 51.6 Å². The summed E-state index contributed by atoms with van der Waals surface area (Å²) >= 11 is 0. The average molecular weight is 438 g/mol. The van der Waals surface area contributed by atoms with Gasteiger partial charge in [0.25, 0.3) is 0 Å². The molecule has 0 radical (unpaired) electrons. The number of likely N-dealkylation sites (tertiary alicyclic amines) is 1. The fourth-order valence-electron chi connectivity index (χ4n) is 3.96. The van der Waals surface area contributed by atoms with Crippen molar-refractivity contribution in [3.05, 3.63) is 11.6 Å². The predicted molar refractivity (Wildman–Crippen MR) is 123 cm³/mol. The van der Waals surface area contributed by atoms with Crippen LogP contribution in [0.4, 0.5) is 0 Å². The van der Waals surface area contributed by atoms with Gasteiger partial charge in [0.2, 0.25) is 11.8 Å². The number of nitrogens with one attached hydrogen (secondary N) is 1. The van der Waals surface area contributed by atoms with Gasteiger partial charge >= 0.3 is 5.97 Å². The van der Waals surface area contributed by atoms with Crippen molar-refractivity contribution < 1.29 is 19.1 Å². The molecule has 7 heteroatoms. The smallest absolute Gasteiger partial charge is 0.333 e. The number of likely N-dealkylation sites (N-methyl/N-ethyl adjacent to an activating group) is 2. The number of hydrogen-bond donors (Lipinski definition) is 1. The van der Waals surface area contributed by atoms with E-state index in [-0.39, 0.29) is 35.8 Å². The minimum atomic E-state index is -0.669. The Kier molecular flexibility index (Phi) is 10.2. The number of carbonyl (C=O) groups excluding carboxylic acids is 3. The van der Waals surface area contributed by atoms with Crippen molar-refractivity contribution in [3.63, 3.8) is 0 Å². The van der Waals surface area contributed by atoms with E-state index in [2.05, 4.69) is 10.2 Å². The Morgan fingerprint density at radius 2 is 1.84 bits per heavy atom. The van der Waals surface area contributed by atoms with E-state index in [1.165, 1.54) is 0 Å². The second-order valence-electron chi connectivity index (χ2n) is 10.1. The molecule has 0 aromatic rings. The summed E-state index contributed by atoms with van der Waals surface area (Å²) in [6.45, 7) is 14.5. The molecule has 0 spiro atoms. The van der Waals surface area contributed by atoms with Crippen LogP contribution in [0.5, 0.6) is 0 Å².